The van der Waals surface area contributed by atoms with E-state index in [1.165, 1.54) is 0 Å². The number of alkyl halides is 1. The molecule has 0 spiro atoms. The normalized spacial score (nSPS) is 15.5. The van der Waals surface area contributed by atoms with Crippen molar-refractivity contribution in [3.8, 4) is 0 Å². The van der Waals surface area contributed by atoms with Gasteiger partial charge >= 0.3 is 0 Å². The van der Waals surface area contributed by atoms with Crippen LogP contribution in [0, 0.1) is 0 Å². The van der Waals surface area contributed by atoms with Gasteiger partial charge in [0.05, 0.1) is 33.1 Å². The Balaban J connectivity index is 3.61. The number of halogens is 1. The standard InChI is InChI=1S/C8H20ClN2/c1-10(2)6-8(9)7-11(3,4)5/h8H,6-7H2,1-5H3/q+1. The molecular formula is C8H20ClN2+. The van der Waals surface area contributed by atoms with Crippen LogP contribution in [-0.2, 0) is 0 Å². The lowest BCUT2D eigenvalue weighted by atomic mass is 10.3. The Morgan fingerprint density at radius 1 is 1.27 bits per heavy atom. The van der Waals surface area contributed by atoms with E-state index in [4.69, 9.17) is 11.6 Å². The zero-order valence-electron chi connectivity index (χ0n) is 8.26. The SMILES string of the molecule is CN(C)CC(Cl)C[N+](C)(C)C. The van der Waals surface area contributed by atoms with Crippen LogP contribution in [0.4, 0.5) is 0 Å². The van der Waals surface area contributed by atoms with Crippen molar-refractivity contribution in [3.05, 3.63) is 0 Å². The van der Waals surface area contributed by atoms with Gasteiger partial charge in [0.2, 0.25) is 0 Å². The summed E-state index contributed by atoms with van der Waals surface area (Å²) in [6.07, 6.45) is 0. The third-order valence-electron chi connectivity index (χ3n) is 1.31. The Morgan fingerprint density at radius 3 is 2.00 bits per heavy atom. The van der Waals surface area contributed by atoms with Crippen molar-refractivity contribution in [1.82, 2.24) is 4.90 Å². The second kappa shape index (κ2) is 4.29. The van der Waals surface area contributed by atoms with Gasteiger partial charge in [0.25, 0.3) is 0 Å². The molecule has 0 fully saturated rings. The van der Waals surface area contributed by atoms with Gasteiger partial charge in [0.15, 0.2) is 0 Å². The zero-order chi connectivity index (χ0) is 9.07. The average molecular weight is 180 g/mol. The van der Waals surface area contributed by atoms with Crippen LogP contribution < -0.4 is 0 Å². The fourth-order valence-corrected chi connectivity index (χ4v) is 1.74. The molecule has 0 aromatic carbocycles. The van der Waals surface area contributed by atoms with Gasteiger partial charge in [0, 0.05) is 6.54 Å². The van der Waals surface area contributed by atoms with E-state index in [9.17, 15) is 0 Å². The smallest absolute Gasteiger partial charge is 0.0959 e. The summed E-state index contributed by atoms with van der Waals surface area (Å²) in [5.41, 5.74) is 0. The van der Waals surface area contributed by atoms with Crippen molar-refractivity contribution in [2.24, 2.45) is 0 Å². The summed E-state index contributed by atoms with van der Waals surface area (Å²) in [5.74, 6) is 0. The van der Waals surface area contributed by atoms with E-state index in [1.54, 1.807) is 0 Å². The fraction of sp³-hybridized carbons (Fsp3) is 1.00. The molecule has 0 rings (SSSR count). The topological polar surface area (TPSA) is 3.24 Å². The third kappa shape index (κ3) is 8.11. The van der Waals surface area contributed by atoms with E-state index >= 15 is 0 Å². The molecule has 0 aromatic rings. The molecule has 0 heterocycles. The molecular weight excluding hydrogens is 160 g/mol. The van der Waals surface area contributed by atoms with E-state index in [-0.39, 0.29) is 5.38 Å². The van der Waals surface area contributed by atoms with E-state index in [2.05, 4.69) is 26.0 Å². The zero-order valence-corrected chi connectivity index (χ0v) is 9.02. The van der Waals surface area contributed by atoms with E-state index < -0.39 is 0 Å². The summed E-state index contributed by atoms with van der Waals surface area (Å²) in [6, 6.07) is 0. The molecule has 0 aliphatic heterocycles. The molecule has 0 aliphatic rings. The first-order chi connectivity index (χ1) is 4.81. The Hall–Kier alpha value is 0.210. The van der Waals surface area contributed by atoms with Crippen molar-refractivity contribution < 1.29 is 4.48 Å². The molecule has 11 heavy (non-hydrogen) atoms. The third-order valence-corrected chi connectivity index (χ3v) is 1.59. The van der Waals surface area contributed by atoms with Crippen molar-refractivity contribution in [3.63, 3.8) is 0 Å². The number of nitrogens with zero attached hydrogens (tertiary/aromatic N) is 2. The molecule has 0 N–H and O–H groups in total. The lowest BCUT2D eigenvalue weighted by molar-refractivity contribution is -0.869. The highest BCUT2D eigenvalue weighted by Gasteiger charge is 2.15. The van der Waals surface area contributed by atoms with Crippen LogP contribution in [0.25, 0.3) is 0 Å². The predicted molar refractivity (Wildman–Crippen MR) is 51.1 cm³/mol. The molecule has 0 saturated carbocycles. The van der Waals surface area contributed by atoms with Crippen molar-refractivity contribution in [1.29, 1.82) is 0 Å². The second-order valence-electron chi connectivity index (χ2n) is 4.33. The maximum atomic E-state index is 6.10. The number of hydrogen-bond acceptors (Lipinski definition) is 1. The second-order valence-corrected chi connectivity index (χ2v) is 4.95. The first kappa shape index (κ1) is 11.2. The van der Waals surface area contributed by atoms with Crippen LogP contribution in [0.1, 0.15) is 0 Å². The minimum Gasteiger partial charge on any atom is -0.330 e. The molecule has 0 aliphatic carbocycles. The van der Waals surface area contributed by atoms with Crippen LogP contribution in [-0.4, -0.2) is 63.1 Å². The molecule has 0 saturated heterocycles. The molecule has 0 aromatic heterocycles. The molecule has 2 nitrogen and oxygen atoms in total. The van der Waals surface area contributed by atoms with E-state index in [1.807, 2.05) is 14.1 Å². The molecule has 0 amide bonds. The molecule has 0 bridgehead atoms. The van der Waals surface area contributed by atoms with Gasteiger partial charge in [0.1, 0.15) is 0 Å². The first-order valence-corrected chi connectivity index (χ1v) is 4.34. The van der Waals surface area contributed by atoms with Gasteiger partial charge in [-0.1, -0.05) is 0 Å². The van der Waals surface area contributed by atoms with Gasteiger partial charge in [-0.15, -0.1) is 11.6 Å². The van der Waals surface area contributed by atoms with Gasteiger partial charge in [-0.05, 0) is 14.1 Å². The highest BCUT2D eigenvalue weighted by atomic mass is 35.5. The summed E-state index contributed by atoms with van der Waals surface area (Å²) in [7, 11) is 10.6. The summed E-state index contributed by atoms with van der Waals surface area (Å²) >= 11 is 6.10. The van der Waals surface area contributed by atoms with Crippen molar-refractivity contribution >= 4 is 11.6 Å². The monoisotopic (exact) mass is 179 g/mol. The van der Waals surface area contributed by atoms with Gasteiger partial charge in [-0.25, -0.2) is 0 Å². The summed E-state index contributed by atoms with van der Waals surface area (Å²) in [4.78, 5) is 2.12. The highest BCUT2D eigenvalue weighted by Crippen LogP contribution is 2.02. The predicted octanol–water partition coefficient (Wildman–Crippen LogP) is 0.862. The molecule has 1 unspecified atom stereocenters. The lowest BCUT2D eigenvalue weighted by Crippen LogP contribution is -2.42. The first-order valence-electron chi connectivity index (χ1n) is 3.90. The Bertz CT molecular complexity index is 107. The Labute approximate surface area is 75.3 Å². The average Bonchev–Trinajstić information content (AvgIpc) is 1.53. The Kier molecular flexibility index (Phi) is 4.37. The highest BCUT2D eigenvalue weighted by molar-refractivity contribution is 6.20. The minimum absolute atomic E-state index is 0.255. The van der Waals surface area contributed by atoms with E-state index in [0.717, 1.165) is 17.6 Å². The van der Waals surface area contributed by atoms with Crippen LogP contribution >= 0.6 is 11.6 Å². The largest absolute Gasteiger partial charge is 0.330 e. The summed E-state index contributed by atoms with van der Waals surface area (Å²) < 4.78 is 0.933. The Morgan fingerprint density at radius 2 is 1.73 bits per heavy atom. The van der Waals surface area contributed by atoms with Crippen molar-refractivity contribution in [2.75, 3.05) is 48.3 Å². The molecule has 1 atom stereocenters. The van der Waals surface area contributed by atoms with Crippen LogP contribution in [0.2, 0.25) is 0 Å². The van der Waals surface area contributed by atoms with Crippen LogP contribution in [0.3, 0.4) is 0 Å². The number of quaternary nitrogens is 1. The maximum Gasteiger partial charge on any atom is 0.0959 e. The maximum absolute atomic E-state index is 6.10. The minimum atomic E-state index is 0.255. The van der Waals surface area contributed by atoms with Gasteiger partial charge < -0.3 is 9.38 Å². The van der Waals surface area contributed by atoms with Crippen LogP contribution in [0.5, 0.6) is 0 Å². The molecule has 3 heteroatoms. The summed E-state index contributed by atoms with van der Waals surface area (Å²) in [6.45, 7) is 1.97. The molecule has 0 radical (unpaired) electrons. The van der Waals surface area contributed by atoms with E-state index in [0.29, 0.717) is 0 Å². The van der Waals surface area contributed by atoms with Gasteiger partial charge in [-0.3, -0.25) is 0 Å². The van der Waals surface area contributed by atoms with Crippen LogP contribution in [0.15, 0.2) is 0 Å². The van der Waals surface area contributed by atoms with Crippen molar-refractivity contribution in [2.45, 2.75) is 5.38 Å². The van der Waals surface area contributed by atoms with Gasteiger partial charge in [-0.2, -0.15) is 0 Å². The number of rotatable bonds is 4. The quantitative estimate of drug-likeness (QED) is 0.457. The molecule has 68 valence electrons. The summed E-state index contributed by atoms with van der Waals surface area (Å²) in [5, 5.41) is 0.255. The lowest BCUT2D eigenvalue weighted by Gasteiger charge is -2.27. The fourth-order valence-electron chi connectivity index (χ4n) is 1.05. The number of hydrogen-bond donors (Lipinski definition) is 0.